The van der Waals surface area contributed by atoms with Gasteiger partial charge in [-0.2, -0.15) is 0 Å². The Morgan fingerprint density at radius 1 is 1.00 bits per heavy atom. The van der Waals surface area contributed by atoms with E-state index in [1.54, 1.807) is 0 Å². The second-order valence-corrected chi connectivity index (χ2v) is 6.93. The Morgan fingerprint density at radius 2 is 1.79 bits per heavy atom. The largest absolute Gasteiger partial charge is 0.355 e. The molecule has 1 aliphatic carbocycles. The first-order valence-electron chi connectivity index (χ1n) is 9.26. The third kappa shape index (κ3) is 5.07. The van der Waals surface area contributed by atoms with E-state index in [4.69, 9.17) is 0 Å². The predicted molar refractivity (Wildman–Crippen MR) is 99.9 cm³/mol. The van der Waals surface area contributed by atoms with Crippen LogP contribution in [0.5, 0.6) is 0 Å². The van der Waals surface area contributed by atoms with Crippen molar-refractivity contribution in [2.75, 3.05) is 13.1 Å². The lowest BCUT2D eigenvalue weighted by Gasteiger charge is -2.21. The van der Waals surface area contributed by atoms with Gasteiger partial charge >= 0.3 is 0 Å². The zero-order chi connectivity index (χ0) is 16.6. The van der Waals surface area contributed by atoms with Gasteiger partial charge in [-0.25, -0.2) is 0 Å². The molecule has 1 saturated carbocycles. The lowest BCUT2D eigenvalue weighted by Crippen LogP contribution is -2.34. The molecule has 0 aromatic heterocycles. The highest BCUT2D eigenvalue weighted by atomic mass is 16.1. The number of hydrogen-bond acceptors (Lipinski definition) is 2. The minimum atomic E-state index is 0.103. The van der Waals surface area contributed by atoms with Crippen LogP contribution in [0.15, 0.2) is 42.5 Å². The molecule has 128 valence electrons. The molecule has 2 aromatic rings. The molecule has 0 saturated heterocycles. The topological polar surface area (TPSA) is 41.1 Å². The summed E-state index contributed by atoms with van der Waals surface area (Å²) in [6, 6.07) is 14.8. The van der Waals surface area contributed by atoms with Gasteiger partial charge in [0.05, 0.1) is 6.54 Å². The third-order valence-electron chi connectivity index (χ3n) is 5.03. The zero-order valence-corrected chi connectivity index (χ0v) is 14.4. The second kappa shape index (κ2) is 8.84. The van der Waals surface area contributed by atoms with Crippen molar-refractivity contribution in [3.63, 3.8) is 0 Å². The fourth-order valence-corrected chi connectivity index (χ4v) is 3.62. The fourth-order valence-electron chi connectivity index (χ4n) is 3.62. The van der Waals surface area contributed by atoms with Gasteiger partial charge in [0.2, 0.25) is 5.91 Å². The molecule has 1 aliphatic rings. The molecule has 1 amide bonds. The van der Waals surface area contributed by atoms with E-state index in [9.17, 15) is 4.79 Å². The summed E-state index contributed by atoms with van der Waals surface area (Å²) in [7, 11) is 0. The molecule has 3 rings (SSSR count). The molecule has 0 bridgehead atoms. The number of fused-ring (bicyclic) bond motifs is 1. The smallest absolute Gasteiger partial charge is 0.233 e. The summed E-state index contributed by atoms with van der Waals surface area (Å²) in [4.78, 5) is 11.9. The van der Waals surface area contributed by atoms with E-state index in [2.05, 4.69) is 53.1 Å². The molecule has 2 N–H and O–H groups in total. The number of benzene rings is 2. The van der Waals surface area contributed by atoms with Crippen LogP contribution in [-0.2, 0) is 11.3 Å². The SMILES string of the molecule is O=C(CNCc1ccc2ccccc2c1)NCCC1CCCCC1. The van der Waals surface area contributed by atoms with Gasteiger partial charge in [-0.15, -0.1) is 0 Å². The molecule has 2 aromatic carbocycles. The lowest BCUT2D eigenvalue weighted by atomic mass is 9.87. The molecule has 3 heteroatoms. The monoisotopic (exact) mass is 324 g/mol. The molecule has 3 nitrogen and oxygen atoms in total. The van der Waals surface area contributed by atoms with Gasteiger partial charge in [0.25, 0.3) is 0 Å². The van der Waals surface area contributed by atoms with E-state index in [1.165, 1.54) is 48.4 Å². The number of hydrogen-bond donors (Lipinski definition) is 2. The maximum atomic E-state index is 11.9. The Morgan fingerprint density at radius 3 is 2.62 bits per heavy atom. The summed E-state index contributed by atoms with van der Waals surface area (Å²) in [5.74, 6) is 0.927. The Bertz CT molecular complexity index is 662. The van der Waals surface area contributed by atoms with Crippen LogP contribution in [0.25, 0.3) is 10.8 Å². The molecule has 1 fully saturated rings. The standard InChI is InChI=1S/C21H28N2O/c24-21(23-13-12-17-6-2-1-3-7-17)16-22-15-18-10-11-19-8-4-5-9-20(19)14-18/h4-5,8-11,14,17,22H,1-3,6-7,12-13,15-16H2,(H,23,24). The summed E-state index contributed by atoms with van der Waals surface area (Å²) >= 11 is 0. The predicted octanol–water partition coefficient (Wildman–Crippen LogP) is 4.02. The van der Waals surface area contributed by atoms with Crippen LogP contribution >= 0.6 is 0 Å². The highest BCUT2D eigenvalue weighted by Gasteiger charge is 2.13. The first-order valence-corrected chi connectivity index (χ1v) is 9.26. The molecule has 0 aliphatic heterocycles. The zero-order valence-electron chi connectivity index (χ0n) is 14.4. The van der Waals surface area contributed by atoms with Gasteiger partial charge in [-0.1, -0.05) is 68.5 Å². The average molecular weight is 324 g/mol. The van der Waals surface area contributed by atoms with Gasteiger partial charge in [-0.05, 0) is 34.7 Å². The lowest BCUT2D eigenvalue weighted by molar-refractivity contribution is -0.120. The molecule has 0 heterocycles. The summed E-state index contributed by atoms with van der Waals surface area (Å²) in [6.45, 7) is 1.93. The van der Waals surface area contributed by atoms with Crippen molar-refractivity contribution in [3.8, 4) is 0 Å². The van der Waals surface area contributed by atoms with Crippen molar-refractivity contribution in [1.82, 2.24) is 10.6 Å². The van der Waals surface area contributed by atoms with Crippen LogP contribution in [0.1, 0.15) is 44.1 Å². The molecule has 0 spiro atoms. The fraction of sp³-hybridized carbons (Fsp3) is 0.476. The van der Waals surface area contributed by atoms with E-state index in [1.807, 2.05) is 0 Å². The number of amides is 1. The Hall–Kier alpha value is -1.87. The van der Waals surface area contributed by atoms with E-state index in [-0.39, 0.29) is 5.91 Å². The Labute approximate surface area is 144 Å². The van der Waals surface area contributed by atoms with Gasteiger partial charge in [-0.3, -0.25) is 4.79 Å². The molecular formula is C21H28N2O. The van der Waals surface area contributed by atoms with Crippen molar-refractivity contribution in [2.45, 2.75) is 45.1 Å². The van der Waals surface area contributed by atoms with Gasteiger partial charge in [0, 0.05) is 13.1 Å². The molecule has 0 atom stereocenters. The normalized spacial score (nSPS) is 15.5. The number of carbonyl (C=O) groups excluding carboxylic acids is 1. The number of carbonyl (C=O) groups is 1. The van der Waals surface area contributed by atoms with E-state index < -0.39 is 0 Å². The number of nitrogens with one attached hydrogen (secondary N) is 2. The van der Waals surface area contributed by atoms with Crippen molar-refractivity contribution < 1.29 is 4.79 Å². The van der Waals surface area contributed by atoms with Crippen LogP contribution in [-0.4, -0.2) is 19.0 Å². The van der Waals surface area contributed by atoms with Crippen molar-refractivity contribution in [1.29, 1.82) is 0 Å². The first kappa shape index (κ1) is 17.0. The highest BCUT2D eigenvalue weighted by molar-refractivity contribution is 5.83. The second-order valence-electron chi connectivity index (χ2n) is 6.93. The summed E-state index contributed by atoms with van der Waals surface area (Å²) in [5.41, 5.74) is 1.21. The minimum Gasteiger partial charge on any atom is -0.355 e. The van der Waals surface area contributed by atoms with E-state index in [0.717, 1.165) is 25.4 Å². The van der Waals surface area contributed by atoms with Crippen molar-refractivity contribution >= 4 is 16.7 Å². The molecule has 24 heavy (non-hydrogen) atoms. The van der Waals surface area contributed by atoms with Crippen LogP contribution in [0.3, 0.4) is 0 Å². The highest BCUT2D eigenvalue weighted by Crippen LogP contribution is 2.25. The third-order valence-corrected chi connectivity index (χ3v) is 5.03. The maximum absolute atomic E-state index is 11.9. The molecular weight excluding hydrogens is 296 g/mol. The van der Waals surface area contributed by atoms with Crippen LogP contribution < -0.4 is 10.6 Å². The quantitative estimate of drug-likeness (QED) is 0.808. The van der Waals surface area contributed by atoms with Crippen molar-refractivity contribution in [3.05, 3.63) is 48.0 Å². The van der Waals surface area contributed by atoms with Gasteiger partial charge < -0.3 is 10.6 Å². The molecule has 0 unspecified atom stereocenters. The Balaban J connectivity index is 1.35. The summed E-state index contributed by atoms with van der Waals surface area (Å²) in [5, 5.41) is 8.78. The average Bonchev–Trinajstić information content (AvgIpc) is 2.62. The van der Waals surface area contributed by atoms with Crippen LogP contribution in [0.2, 0.25) is 0 Å². The first-order chi connectivity index (χ1) is 11.8. The summed E-state index contributed by atoms with van der Waals surface area (Å²) in [6.07, 6.45) is 7.95. The molecule has 0 radical (unpaired) electrons. The van der Waals surface area contributed by atoms with Gasteiger partial charge in [0.1, 0.15) is 0 Å². The maximum Gasteiger partial charge on any atom is 0.233 e. The number of rotatable bonds is 7. The Kier molecular flexibility index (Phi) is 6.25. The van der Waals surface area contributed by atoms with Crippen LogP contribution in [0, 0.1) is 5.92 Å². The summed E-state index contributed by atoms with van der Waals surface area (Å²) < 4.78 is 0. The van der Waals surface area contributed by atoms with E-state index >= 15 is 0 Å². The minimum absolute atomic E-state index is 0.103. The van der Waals surface area contributed by atoms with Crippen LogP contribution in [0.4, 0.5) is 0 Å². The van der Waals surface area contributed by atoms with Gasteiger partial charge in [0.15, 0.2) is 0 Å². The van der Waals surface area contributed by atoms with Crippen molar-refractivity contribution in [2.24, 2.45) is 5.92 Å². The van der Waals surface area contributed by atoms with E-state index in [0.29, 0.717) is 6.54 Å².